The van der Waals surface area contributed by atoms with E-state index in [1.807, 2.05) is 6.92 Å². The predicted octanol–water partition coefficient (Wildman–Crippen LogP) is 1.78. The van der Waals surface area contributed by atoms with Crippen molar-refractivity contribution in [1.82, 2.24) is 4.90 Å². The Bertz CT molecular complexity index is 283. The number of Topliss-reactive ketones (excluding diaryl/α,β-unsaturated/α-hetero) is 1. The number of rotatable bonds is 5. The van der Waals surface area contributed by atoms with Crippen molar-refractivity contribution >= 4 is 11.7 Å². The quantitative estimate of drug-likeness (QED) is 0.647. The molecule has 3 nitrogen and oxygen atoms in total. The van der Waals surface area contributed by atoms with Gasteiger partial charge >= 0.3 is 0 Å². The maximum absolute atomic E-state index is 11.8. The van der Waals surface area contributed by atoms with Crippen molar-refractivity contribution in [2.24, 2.45) is 5.92 Å². The molecule has 0 saturated carbocycles. The SMILES string of the molecule is C=C(C)CC[C@H]1CCN(CC(C)=O)C1=O. The second-order valence-corrected chi connectivity index (χ2v) is 4.44. The molecule has 15 heavy (non-hydrogen) atoms. The lowest BCUT2D eigenvalue weighted by molar-refractivity contribution is -0.134. The summed E-state index contributed by atoms with van der Waals surface area (Å²) in [6, 6.07) is 0. The van der Waals surface area contributed by atoms with Crippen molar-refractivity contribution < 1.29 is 9.59 Å². The van der Waals surface area contributed by atoms with E-state index in [1.165, 1.54) is 6.92 Å². The lowest BCUT2D eigenvalue weighted by Gasteiger charge is -2.14. The zero-order valence-electron chi connectivity index (χ0n) is 9.58. The molecule has 84 valence electrons. The van der Waals surface area contributed by atoms with Gasteiger partial charge in [0.1, 0.15) is 5.78 Å². The Morgan fingerprint density at radius 2 is 2.20 bits per heavy atom. The topological polar surface area (TPSA) is 37.4 Å². The number of hydrogen-bond acceptors (Lipinski definition) is 2. The Morgan fingerprint density at radius 1 is 1.53 bits per heavy atom. The number of amides is 1. The molecule has 0 aromatic carbocycles. The summed E-state index contributed by atoms with van der Waals surface area (Å²) in [5.74, 6) is 0.316. The first kappa shape index (κ1) is 12.0. The van der Waals surface area contributed by atoms with Gasteiger partial charge in [0.05, 0.1) is 6.54 Å². The van der Waals surface area contributed by atoms with Gasteiger partial charge in [-0.15, -0.1) is 6.58 Å². The molecular formula is C12H19NO2. The number of ketones is 1. The average molecular weight is 209 g/mol. The summed E-state index contributed by atoms with van der Waals surface area (Å²) in [4.78, 5) is 24.4. The van der Waals surface area contributed by atoms with Gasteiger partial charge in [-0.25, -0.2) is 0 Å². The van der Waals surface area contributed by atoms with Gasteiger partial charge in [-0.3, -0.25) is 9.59 Å². The van der Waals surface area contributed by atoms with Crippen molar-refractivity contribution in [3.05, 3.63) is 12.2 Å². The highest BCUT2D eigenvalue weighted by molar-refractivity contribution is 5.87. The number of nitrogens with zero attached hydrogens (tertiary/aromatic N) is 1. The van der Waals surface area contributed by atoms with E-state index >= 15 is 0 Å². The molecule has 1 fully saturated rings. The van der Waals surface area contributed by atoms with Gasteiger partial charge in [0, 0.05) is 12.5 Å². The van der Waals surface area contributed by atoms with Gasteiger partial charge in [0.15, 0.2) is 0 Å². The van der Waals surface area contributed by atoms with Gasteiger partial charge < -0.3 is 4.90 Å². The van der Waals surface area contributed by atoms with Crippen LogP contribution in [-0.4, -0.2) is 29.7 Å². The Morgan fingerprint density at radius 3 is 2.73 bits per heavy atom. The Labute approximate surface area is 91.1 Å². The van der Waals surface area contributed by atoms with Crippen LogP contribution in [0.5, 0.6) is 0 Å². The Kier molecular flexibility index (Phi) is 4.06. The highest BCUT2D eigenvalue weighted by atomic mass is 16.2. The lowest BCUT2D eigenvalue weighted by atomic mass is 9.99. The normalized spacial score (nSPS) is 20.8. The molecule has 0 aromatic heterocycles. The van der Waals surface area contributed by atoms with Crippen LogP contribution in [0.3, 0.4) is 0 Å². The third kappa shape index (κ3) is 3.50. The minimum absolute atomic E-state index is 0.0592. The summed E-state index contributed by atoms with van der Waals surface area (Å²) in [5, 5.41) is 0. The molecule has 0 radical (unpaired) electrons. The fourth-order valence-corrected chi connectivity index (χ4v) is 1.92. The molecule has 1 aliphatic rings. The number of hydrogen-bond donors (Lipinski definition) is 0. The Hall–Kier alpha value is -1.12. The smallest absolute Gasteiger partial charge is 0.226 e. The first-order valence-corrected chi connectivity index (χ1v) is 5.43. The van der Waals surface area contributed by atoms with E-state index in [-0.39, 0.29) is 24.2 Å². The largest absolute Gasteiger partial charge is 0.335 e. The molecule has 0 unspecified atom stereocenters. The molecule has 0 aliphatic carbocycles. The van der Waals surface area contributed by atoms with E-state index in [1.54, 1.807) is 4.90 Å². The zero-order valence-corrected chi connectivity index (χ0v) is 9.58. The van der Waals surface area contributed by atoms with E-state index in [4.69, 9.17) is 0 Å². The van der Waals surface area contributed by atoms with Gasteiger partial charge in [-0.05, 0) is 33.1 Å². The summed E-state index contributed by atoms with van der Waals surface area (Å²) in [6.07, 6.45) is 2.67. The van der Waals surface area contributed by atoms with Gasteiger partial charge in [0.2, 0.25) is 5.91 Å². The van der Waals surface area contributed by atoms with Crippen LogP contribution in [0.15, 0.2) is 12.2 Å². The van der Waals surface area contributed by atoms with Gasteiger partial charge in [-0.1, -0.05) is 5.57 Å². The molecule has 1 heterocycles. The number of carbonyl (C=O) groups is 2. The maximum atomic E-state index is 11.8. The summed E-state index contributed by atoms with van der Waals surface area (Å²) >= 11 is 0. The number of allylic oxidation sites excluding steroid dienone is 1. The average Bonchev–Trinajstić information content (AvgIpc) is 2.44. The molecular weight excluding hydrogens is 190 g/mol. The van der Waals surface area contributed by atoms with Crippen LogP contribution >= 0.6 is 0 Å². The van der Waals surface area contributed by atoms with E-state index < -0.39 is 0 Å². The summed E-state index contributed by atoms with van der Waals surface area (Å²) in [5.41, 5.74) is 1.12. The second-order valence-electron chi connectivity index (χ2n) is 4.44. The van der Waals surface area contributed by atoms with Crippen molar-refractivity contribution in [3.8, 4) is 0 Å². The van der Waals surface area contributed by atoms with Crippen LogP contribution < -0.4 is 0 Å². The van der Waals surface area contributed by atoms with Crippen LogP contribution in [-0.2, 0) is 9.59 Å². The minimum Gasteiger partial charge on any atom is -0.335 e. The fourth-order valence-electron chi connectivity index (χ4n) is 1.92. The monoisotopic (exact) mass is 209 g/mol. The van der Waals surface area contributed by atoms with Crippen molar-refractivity contribution in [3.63, 3.8) is 0 Å². The molecule has 1 saturated heterocycles. The van der Waals surface area contributed by atoms with E-state index in [9.17, 15) is 9.59 Å². The Balaban J connectivity index is 2.42. The summed E-state index contributed by atoms with van der Waals surface area (Å²) in [6.45, 7) is 8.35. The number of likely N-dealkylation sites (tertiary alicyclic amines) is 1. The summed E-state index contributed by atoms with van der Waals surface area (Å²) in [7, 11) is 0. The highest BCUT2D eigenvalue weighted by Gasteiger charge is 2.31. The van der Waals surface area contributed by atoms with Crippen LogP contribution in [0.2, 0.25) is 0 Å². The molecule has 1 rings (SSSR count). The first-order chi connectivity index (χ1) is 7.00. The van der Waals surface area contributed by atoms with Crippen molar-refractivity contribution in [2.45, 2.75) is 33.1 Å². The van der Waals surface area contributed by atoms with Crippen LogP contribution in [0.25, 0.3) is 0 Å². The van der Waals surface area contributed by atoms with E-state index in [0.717, 1.165) is 31.4 Å². The van der Waals surface area contributed by atoms with E-state index in [2.05, 4.69) is 6.58 Å². The third-order valence-electron chi connectivity index (χ3n) is 2.74. The molecule has 0 spiro atoms. The molecule has 3 heteroatoms. The minimum atomic E-state index is 0.0592. The first-order valence-electron chi connectivity index (χ1n) is 5.43. The third-order valence-corrected chi connectivity index (χ3v) is 2.74. The molecule has 1 aliphatic heterocycles. The van der Waals surface area contributed by atoms with Crippen molar-refractivity contribution in [1.29, 1.82) is 0 Å². The van der Waals surface area contributed by atoms with Gasteiger partial charge in [-0.2, -0.15) is 0 Å². The van der Waals surface area contributed by atoms with Crippen LogP contribution in [0.1, 0.15) is 33.1 Å². The van der Waals surface area contributed by atoms with Gasteiger partial charge in [0.25, 0.3) is 0 Å². The molecule has 1 amide bonds. The standard InChI is InChI=1S/C12H19NO2/c1-9(2)4-5-11-6-7-13(12(11)15)8-10(3)14/h11H,1,4-8H2,2-3H3/t11-/m0/s1. The fraction of sp³-hybridized carbons (Fsp3) is 0.667. The molecule has 0 N–H and O–H groups in total. The second kappa shape index (κ2) is 5.10. The maximum Gasteiger partial charge on any atom is 0.226 e. The predicted molar refractivity (Wildman–Crippen MR) is 59.4 cm³/mol. The van der Waals surface area contributed by atoms with Crippen LogP contribution in [0, 0.1) is 5.92 Å². The van der Waals surface area contributed by atoms with E-state index in [0.29, 0.717) is 0 Å². The zero-order chi connectivity index (χ0) is 11.4. The molecule has 1 atom stereocenters. The number of carbonyl (C=O) groups excluding carboxylic acids is 2. The highest BCUT2D eigenvalue weighted by Crippen LogP contribution is 2.23. The van der Waals surface area contributed by atoms with Crippen LogP contribution in [0.4, 0.5) is 0 Å². The summed E-state index contributed by atoms with van der Waals surface area (Å²) < 4.78 is 0. The molecule has 0 bridgehead atoms. The lowest BCUT2D eigenvalue weighted by Crippen LogP contribution is -2.31. The molecule has 0 aromatic rings. The van der Waals surface area contributed by atoms with Crippen molar-refractivity contribution in [2.75, 3.05) is 13.1 Å².